The van der Waals surface area contributed by atoms with Crippen LogP contribution in [0.5, 0.6) is 0 Å². The minimum atomic E-state index is -0.220. The Morgan fingerprint density at radius 2 is 1.95 bits per heavy atom. The molecule has 0 saturated heterocycles. The zero-order valence-electron chi connectivity index (χ0n) is 11.0. The van der Waals surface area contributed by atoms with Crippen LogP contribution in [0.1, 0.15) is 20.1 Å². The second kappa shape index (κ2) is 7.48. The molecule has 21 heavy (non-hydrogen) atoms. The largest absolute Gasteiger partial charge is 0.347 e. The summed E-state index contributed by atoms with van der Waals surface area (Å²) >= 11 is 13.3. The highest BCUT2D eigenvalue weighted by Gasteiger charge is 2.08. The van der Waals surface area contributed by atoms with E-state index >= 15 is 0 Å². The summed E-state index contributed by atoms with van der Waals surface area (Å²) in [5.74, 6) is 5.53. The van der Waals surface area contributed by atoms with Crippen molar-refractivity contribution in [1.29, 1.82) is 0 Å². The van der Waals surface area contributed by atoms with Crippen LogP contribution in [0.15, 0.2) is 30.3 Å². The number of thiophene rings is 1. The molecule has 0 fully saturated rings. The van der Waals surface area contributed by atoms with Crippen LogP contribution < -0.4 is 11.1 Å². The number of rotatable bonds is 3. The fourth-order valence-corrected chi connectivity index (χ4v) is 2.98. The van der Waals surface area contributed by atoms with Crippen LogP contribution >= 0.6 is 34.5 Å². The first-order valence-electron chi connectivity index (χ1n) is 6.10. The lowest BCUT2D eigenvalue weighted by molar-refractivity contribution is 0.0951. The van der Waals surface area contributed by atoms with E-state index < -0.39 is 0 Å². The monoisotopic (exact) mass is 338 g/mol. The van der Waals surface area contributed by atoms with Crippen molar-refractivity contribution in [3.05, 3.63) is 55.7 Å². The molecular weight excluding hydrogens is 327 g/mol. The van der Waals surface area contributed by atoms with E-state index in [0.717, 1.165) is 9.75 Å². The Labute approximate surface area is 137 Å². The molecule has 0 spiro atoms. The van der Waals surface area contributed by atoms with Crippen molar-refractivity contribution >= 4 is 40.4 Å². The van der Waals surface area contributed by atoms with Gasteiger partial charge in [0.15, 0.2) is 0 Å². The van der Waals surface area contributed by atoms with Crippen LogP contribution in [0.2, 0.25) is 10.0 Å². The topological polar surface area (TPSA) is 55.1 Å². The molecule has 6 heteroatoms. The number of hydrogen-bond donors (Lipinski definition) is 2. The molecule has 3 nitrogen and oxygen atoms in total. The third kappa shape index (κ3) is 4.76. The van der Waals surface area contributed by atoms with E-state index in [1.807, 2.05) is 12.1 Å². The van der Waals surface area contributed by atoms with Gasteiger partial charge in [-0.3, -0.25) is 4.79 Å². The zero-order valence-corrected chi connectivity index (χ0v) is 13.3. The van der Waals surface area contributed by atoms with Gasteiger partial charge < -0.3 is 11.1 Å². The molecule has 0 saturated carbocycles. The lowest BCUT2D eigenvalue weighted by atomic mass is 10.2. The van der Waals surface area contributed by atoms with Crippen LogP contribution in [0.4, 0.5) is 0 Å². The Balaban J connectivity index is 1.99. The van der Waals surface area contributed by atoms with E-state index in [2.05, 4.69) is 17.2 Å². The summed E-state index contributed by atoms with van der Waals surface area (Å²) in [5, 5.41) is 3.69. The Hall–Kier alpha value is -1.51. The molecule has 2 rings (SSSR count). The normalized spacial score (nSPS) is 9.86. The highest BCUT2D eigenvalue weighted by molar-refractivity contribution is 7.12. The van der Waals surface area contributed by atoms with Crippen LogP contribution in [0, 0.1) is 11.8 Å². The van der Waals surface area contributed by atoms with Crippen LogP contribution in [-0.4, -0.2) is 12.5 Å². The number of benzene rings is 1. The second-order valence-corrected chi connectivity index (χ2v) is 6.15. The van der Waals surface area contributed by atoms with E-state index in [4.69, 9.17) is 28.9 Å². The molecule has 1 heterocycles. The highest BCUT2D eigenvalue weighted by Crippen LogP contribution is 2.19. The van der Waals surface area contributed by atoms with Crippen molar-refractivity contribution in [1.82, 2.24) is 5.32 Å². The van der Waals surface area contributed by atoms with Gasteiger partial charge in [0, 0.05) is 20.5 Å². The fourth-order valence-electron chi connectivity index (χ4n) is 1.63. The number of nitrogens with two attached hydrogens (primary N) is 1. The Kier molecular flexibility index (Phi) is 5.66. The molecule has 1 aromatic carbocycles. The summed E-state index contributed by atoms with van der Waals surface area (Å²) in [7, 11) is 0. The van der Waals surface area contributed by atoms with Gasteiger partial charge in [-0.2, -0.15) is 0 Å². The molecule has 0 unspecified atom stereocenters. The number of carbonyl (C=O) groups is 1. The van der Waals surface area contributed by atoms with E-state index in [-0.39, 0.29) is 5.91 Å². The van der Waals surface area contributed by atoms with Crippen molar-refractivity contribution in [2.45, 2.75) is 6.54 Å². The van der Waals surface area contributed by atoms with Gasteiger partial charge in [-0.1, -0.05) is 35.0 Å². The maximum absolute atomic E-state index is 12.0. The van der Waals surface area contributed by atoms with Crippen molar-refractivity contribution in [3.63, 3.8) is 0 Å². The molecule has 108 valence electrons. The summed E-state index contributed by atoms with van der Waals surface area (Å²) in [6, 6.07) is 8.58. The molecule has 0 radical (unpaired) electrons. The molecule has 2 aromatic rings. The van der Waals surface area contributed by atoms with Crippen LogP contribution in [-0.2, 0) is 6.54 Å². The van der Waals surface area contributed by atoms with Gasteiger partial charge in [0.05, 0.1) is 18.0 Å². The molecule has 1 amide bonds. The lowest BCUT2D eigenvalue weighted by Crippen LogP contribution is -2.22. The first-order chi connectivity index (χ1) is 10.1. The van der Waals surface area contributed by atoms with Crippen molar-refractivity contribution in [2.75, 3.05) is 6.54 Å². The second-order valence-electron chi connectivity index (χ2n) is 4.11. The summed E-state index contributed by atoms with van der Waals surface area (Å²) in [4.78, 5) is 14.0. The third-order valence-electron chi connectivity index (χ3n) is 2.52. The summed E-state index contributed by atoms with van der Waals surface area (Å²) < 4.78 is 0. The third-order valence-corrected chi connectivity index (χ3v) is 3.96. The number of nitrogens with one attached hydrogen (secondary N) is 1. The van der Waals surface area contributed by atoms with Gasteiger partial charge in [-0.25, -0.2) is 0 Å². The summed E-state index contributed by atoms with van der Waals surface area (Å²) in [6.45, 7) is 0.761. The lowest BCUT2D eigenvalue weighted by Gasteiger charge is -2.04. The molecule has 0 bridgehead atoms. The van der Waals surface area contributed by atoms with E-state index in [9.17, 15) is 4.79 Å². The fraction of sp³-hybridized carbons (Fsp3) is 0.133. The number of halogens is 2. The van der Waals surface area contributed by atoms with Crippen LogP contribution in [0.25, 0.3) is 0 Å². The maximum atomic E-state index is 12.0. The summed E-state index contributed by atoms with van der Waals surface area (Å²) in [5.41, 5.74) is 5.76. The van der Waals surface area contributed by atoms with Gasteiger partial charge in [0.1, 0.15) is 0 Å². The SMILES string of the molecule is NCC#Cc1ccc(CNC(=O)c2cc(Cl)cc(Cl)c2)s1. The molecule has 0 aliphatic heterocycles. The average Bonchev–Trinajstić information content (AvgIpc) is 2.89. The van der Waals surface area contributed by atoms with E-state index in [1.165, 1.54) is 11.3 Å². The van der Waals surface area contributed by atoms with E-state index in [0.29, 0.717) is 28.7 Å². The highest BCUT2D eigenvalue weighted by atomic mass is 35.5. The minimum absolute atomic E-state index is 0.220. The number of amides is 1. The van der Waals surface area contributed by atoms with Crippen molar-refractivity contribution in [3.8, 4) is 11.8 Å². The quantitative estimate of drug-likeness (QED) is 0.843. The molecule has 0 aliphatic carbocycles. The number of carbonyl (C=O) groups excluding carboxylic acids is 1. The molecule has 0 aliphatic rings. The van der Waals surface area contributed by atoms with Crippen LogP contribution in [0.3, 0.4) is 0 Å². The standard InChI is InChI=1S/C15H12Cl2N2OS/c16-11-6-10(7-12(17)8-11)15(20)19-9-14-4-3-13(21-14)2-1-5-18/h3-4,6-8H,5,9,18H2,(H,19,20). The van der Waals surface area contributed by atoms with E-state index in [1.54, 1.807) is 18.2 Å². The number of hydrogen-bond acceptors (Lipinski definition) is 3. The van der Waals surface area contributed by atoms with Gasteiger partial charge in [0.2, 0.25) is 0 Å². The van der Waals surface area contributed by atoms with Gasteiger partial charge in [-0.15, -0.1) is 11.3 Å². The Bertz CT molecular complexity index is 696. The Morgan fingerprint density at radius 3 is 2.62 bits per heavy atom. The smallest absolute Gasteiger partial charge is 0.251 e. The van der Waals surface area contributed by atoms with Gasteiger partial charge >= 0.3 is 0 Å². The Morgan fingerprint density at radius 1 is 1.24 bits per heavy atom. The zero-order chi connectivity index (χ0) is 15.2. The molecule has 1 aromatic heterocycles. The average molecular weight is 339 g/mol. The minimum Gasteiger partial charge on any atom is -0.347 e. The molecule has 3 N–H and O–H groups in total. The van der Waals surface area contributed by atoms with Gasteiger partial charge in [0.25, 0.3) is 5.91 Å². The van der Waals surface area contributed by atoms with Crippen molar-refractivity contribution in [2.24, 2.45) is 5.73 Å². The molecule has 0 atom stereocenters. The molecular formula is C15H12Cl2N2OS. The predicted octanol–water partition coefficient (Wildman–Crippen LogP) is 3.30. The predicted molar refractivity (Wildman–Crippen MR) is 87.9 cm³/mol. The first-order valence-corrected chi connectivity index (χ1v) is 7.67. The van der Waals surface area contributed by atoms with Gasteiger partial charge in [-0.05, 0) is 30.3 Å². The first kappa shape index (κ1) is 15.9. The summed E-state index contributed by atoms with van der Waals surface area (Å²) in [6.07, 6.45) is 0. The van der Waals surface area contributed by atoms with Crippen molar-refractivity contribution < 1.29 is 4.79 Å². The maximum Gasteiger partial charge on any atom is 0.251 e.